The van der Waals surface area contributed by atoms with Crippen molar-refractivity contribution in [2.24, 2.45) is 0 Å². The molecule has 0 aliphatic carbocycles. The average molecular weight is 386 g/mol. The summed E-state index contributed by atoms with van der Waals surface area (Å²) in [6.07, 6.45) is 1.50. The number of piperidine rings is 1. The molecule has 29 heavy (non-hydrogen) atoms. The van der Waals surface area contributed by atoms with Crippen molar-refractivity contribution >= 4 is 16.7 Å². The Kier molecular flexibility index (Phi) is 4.82. The van der Waals surface area contributed by atoms with Gasteiger partial charge in [0.25, 0.3) is 5.91 Å². The van der Waals surface area contributed by atoms with E-state index in [9.17, 15) is 9.90 Å². The number of benzene rings is 3. The second-order valence-electron chi connectivity index (χ2n) is 8.17. The van der Waals surface area contributed by atoms with Gasteiger partial charge in [0, 0.05) is 36.1 Å². The van der Waals surface area contributed by atoms with Crippen LogP contribution in [0, 0.1) is 0 Å². The lowest BCUT2D eigenvalue weighted by Gasteiger charge is -2.37. The highest BCUT2D eigenvalue weighted by Crippen LogP contribution is 2.35. The summed E-state index contributed by atoms with van der Waals surface area (Å²) < 4.78 is 0. The monoisotopic (exact) mass is 386 g/mol. The molecule has 0 aromatic heterocycles. The molecule has 4 heteroatoms. The van der Waals surface area contributed by atoms with E-state index in [4.69, 9.17) is 0 Å². The van der Waals surface area contributed by atoms with E-state index in [1.54, 1.807) is 4.90 Å². The molecule has 2 aliphatic rings. The molecular weight excluding hydrogens is 360 g/mol. The first-order valence-electron chi connectivity index (χ1n) is 10.5. The van der Waals surface area contributed by atoms with Gasteiger partial charge >= 0.3 is 0 Å². The Labute approximate surface area is 171 Å². The molecule has 1 amide bonds. The molecule has 0 radical (unpaired) electrons. The van der Waals surface area contributed by atoms with Crippen LogP contribution in [0.2, 0.25) is 0 Å². The molecule has 4 nitrogen and oxygen atoms in total. The second-order valence-corrected chi connectivity index (χ2v) is 8.17. The van der Waals surface area contributed by atoms with E-state index in [-0.39, 0.29) is 5.91 Å². The van der Waals surface area contributed by atoms with Crippen molar-refractivity contribution < 1.29 is 9.90 Å². The van der Waals surface area contributed by atoms with Gasteiger partial charge in [-0.3, -0.25) is 4.79 Å². The third-order valence-electron chi connectivity index (χ3n) is 6.44. The van der Waals surface area contributed by atoms with Gasteiger partial charge in [0.1, 0.15) is 0 Å². The fourth-order valence-electron chi connectivity index (χ4n) is 4.93. The fourth-order valence-corrected chi connectivity index (χ4v) is 4.93. The van der Waals surface area contributed by atoms with Gasteiger partial charge < -0.3 is 14.9 Å². The Bertz CT molecular complexity index is 1030. The predicted octanol–water partition coefficient (Wildman–Crippen LogP) is 4.17. The van der Waals surface area contributed by atoms with Crippen molar-refractivity contribution in [2.45, 2.75) is 25.0 Å². The van der Waals surface area contributed by atoms with Crippen LogP contribution < -0.4 is 0 Å². The minimum Gasteiger partial charge on any atom is -0.369 e. The Morgan fingerprint density at radius 1 is 0.931 bits per heavy atom. The number of carbonyl (C=O) groups excluding carboxylic acids is 1. The topological polar surface area (TPSA) is 43.8 Å². The molecule has 1 saturated heterocycles. The van der Waals surface area contributed by atoms with Crippen LogP contribution in [0.25, 0.3) is 10.8 Å². The summed E-state index contributed by atoms with van der Waals surface area (Å²) in [6, 6.07) is 22.4. The molecule has 0 bridgehead atoms. The standard InChI is InChI=1S/C25H26N2O2/c28-24-21-12-4-9-19-10-5-13-22(23(19)21)25(29)27(24)16-15-26-14-6-11-20(17-26)18-7-2-1-3-8-18/h1-5,7-10,12-13,20,24,28H,6,11,14-17H2. The first-order chi connectivity index (χ1) is 14.2. The highest BCUT2D eigenvalue weighted by molar-refractivity contribution is 6.10. The van der Waals surface area contributed by atoms with Gasteiger partial charge in [0.2, 0.25) is 0 Å². The van der Waals surface area contributed by atoms with Crippen LogP contribution in [-0.4, -0.2) is 47.0 Å². The number of nitrogens with zero attached hydrogens (tertiary/aromatic N) is 2. The quantitative estimate of drug-likeness (QED) is 0.732. The molecule has 3 aromatic rings. The summed E-state index contributed by atoms with van der Waals surface area (Å²) in [6.45, 7) is 3.37. The molecule has 0 saturated carbocycles. The smallest absolute Gasteiger partial charge is 0.256 e. The van der Waals surface area contributed by atoms with E-state index in [0.29, 0.717) is 18.0 Å². The van der Waals surface area contributed by atoms with Crippen molar-refractivity contribution in [3.63, 3.8) is 0 Å². The second kappa shape index (κ2) is 7.62. The molecular formula is C25H26N2O2. The van der Waals surface area contributed by atoms with E-state index in [1.165, 1.54) is 12.0 Å². The zero-order chi connectivity index (χ0) is 19.8. The molecule has 1 fully saturated rings. The van der Waals surface area contributed by atoms with Gasteiger partial charge in [0.05, 0.1) is 0 Å². The Morgan fingerprint density at radius 3 is 2.55 bits per heavy atom. The summed E-state index contributed by atoms with van der Waals surface area (Å²) in [4.78, 5) is 17.2. The van der Waals surface area contributed by atoms with Crippen LogP contribution in [-0.2, 0) is 0 Å². The number of carbonyl (C=O) groups is 1. The molecule has 0 spiro atoms. The lowest BCUT2D eigenvalue weighted by atomic mass is 9.90. The number of hydrogen-bond donors (Lipinski definition) is 1. The summed E-state index contributed by atoms with van der Waals surface area (Å²) in [5.41, 5.74) is 2.93. The lowest BCUT2D eigenvalue weighted by Crippen LogP contribution is -2.45. The van der Waals surface area contributed by atoms with Crippen LogP contribution in [0.15, 0.2) is 66.7 Å². The SMILES string of the molecule is O=C1c2cccc3cccc(c23)C(O)N1CCN1CCCC(c2ccccc2)C1. The number of likely N-dealkylation sites (tertiary alicyclic amines) is 1. The molecule has 2 heterocycles. The summed E-state index contributed by atoms with van der Waals surface area (Å²) in [7, 11) is 0. The minimum atomic E-state index is -0.879. The highest BCUT2D eigenvalue weighted by Gasteiger charge is 2.33. The van der Waals surface area contributed by atoms with E-state index in [2.05, 4.69) is 35.2 Å². The largest absolute Gasteiger partial charge is 0.369 e. The molecule has 3 aromatic carbocycles. The molecule has 2 unspecified atom stereocenters. The maximum atomic E-state index is 13.1. The molecule has 1 N–H and O–H groups in total. The van der Waals surface area contributed by atoms with Gasteiger partial charge in [-0.1, -0.05) is 60.7 Å². The first-order valence-corrected chi connectivity index (χ1v) is 10.5. The van der Waals surface area contributed by atoms with Crippen LogP contribution in [0.5, 0.6) is 0 Å². The zero-order valence-electron chi connectivity index (χ0n) is 16.5. The third-order valence-corrected chi connectivity index (χ3v) is 6.44. The Morgan fingerprint density at radius 2 is 1.72 bits per heavy atom. The fraction of sp³-hybridized carbons (Fsp3) is 0.320. The summed E-state index contributed by atoms with van der Waals surface area (Å²) in [5.74, 6) is 0.472. The van der Waals surface area contributed by atoms with Gasteiger partial charge in [-0.05, 0) is 42.3 Å². The normalized spacial score (nSPS) is 22.2. The molecule has 148 valence electrons. The van der Waals surface area contributed by atoms with E-state index >= 15 is 0 Å². The first kappa shape index (κ1) is 18.3. The van der Waals surface area contributed by atoms with Crippen LogP contribution in [0.1, 0.15) is 46.5 Å². The number of amides is 1. The van der Waals surface area contributed by atoms with Gasteiger partial charge in [-0.25, -0.2) is 0 Å². The van der Waals surface area contributed by atoms with Crippen molar-refractivity contribution in [1.29, 1.82) is 0 Å². The predicted molar refractivity (Wildman–Crippen MR) is 115 cm³/mol. The summed E-state index contributed by atoms with van der Waals surface area (Å²) in [5, 5.41) is 12.9. The van der Waals surface area contributed by atoms with Crippen molar-refractivity contribution in [2.75, 3.05) is 26.2 Å². The van der Waals surface area contributed by atoms with Gasteiger partial charge in [0.15, 0.2) is 6.23 Å². The van der Waals surface area contributed by atoms with Crippen molar-refractivity contribution in [3.05, 3.63) is 83.4 Å². The number of aliphatic hydroxyl groups is 1. The minimum absolute atomic E-state index is 0.0709. The third kappa shape index (κ3) is 3.33. The summed E-state index contributed by atoms with van der Waals surface area (Å²) >= 11 is 0. The van der Waals surface area contributed by atoms with E-state index < -0.39 is 6.23 Å². The number of aliphatic hydroxyl groups excluding tert-OH is 1. The molecule has 2 atom stereocenters. The average Bonchev–Trinajstić information content (AvgIpc) is 2.78. The number of rotatable bonds is 4. The Hall–Kier alpha value is -2.69. The van der Waals surface area contributed by atoms with Crippen LogP contribution in [0.4, 0.5) is 0 Å². The van der Waals surface area contributed by atoms with Gasteiger partial charge in [-0.2, -0.15) is 0 Å². The molecule has 2 aliphatic heterocycles. The Balaban J connectivity index is 1.32. The zero-order valence-corrected chi connectivity index (χ0v) is 16.5. The van der Waals surface area contributed by atoms with E-state index in [1.807, 2.05) is 36.4 Å². The number of hydrogen-bond acceptors (Lipinski definition) is 3. The van der Waals surface area contributed by atoms with Crippen LogP contribution in [0.3, 0.4) is 0 Å². The maximum Gasteiger partial charge on any atom is 0.256 e. The van der Waals surface area contributed by atoms with E-state index in [0.717, 1.165) is 42.4 Å². The van der Waals surface area contributed by atoms with Crippen LogP contribution >= 0.6 is 0 Å². The highest BCUT2D eigenvalue weighted by atomic mass is 16.3. The molecule has 5 rings (SSSR count). The van der Waals surface area contributed by atoms with Crippen molar-refractivity contribution in [3.8, 4) is 0 Å². The lowest BCUT2D eigenvalue weighted by molar-refractivity contribution is 0.000147. The van der Waals surface area contributed by atoms with Gasteiger partial charge in [-0.15, -0.1) is 0 Å². The maximum absolute atomic E-state index is 13.1. The van der Waals surface area contributed by atoms with Crippen molar-refractivity contribution in [1.82, 2.24) is 9.80 Å².